The predicted octanol–water partition coefficient (Wildman–Crippen LogP) is 4.33. The number of hydrogen-bond acceptors (Lipinski definition) is 2. The maximum atomic E-state index is 12.2. The molecule has 1 aliphatic carbocycles. The van der Waals surface area contributed by atoms with Crippen molar-refractivity contribution in [3.05, 3.63) is 71.3 Å². The zero-order chi connectivity index (χ0) is 17.5. The summed E-state index contributed by atoms with van der Waals surface area (Å²) in [6, 6.07) is 20.6. The second-order valence-electron chi connectivity index (χ2n) is 6.84. The first-order valence-corrected chi connectivity index (χ1v) is 9.08. The fourth-order valence-electron chi connectivity index (χ4n) is 3.60. The van der Waals surface area contributed by atoms with Gasteiger partial charge in [-0.05, 0) is 61.3 Å². The largest absolute Gasteiger partial charge is 0.353 e. The van der Waals surface area contributed by atoms with Crippen LogP contribution in [-0.2, 0) is 11.2 Å². The van der Waals surface area contributed by atoms with Crippen LogP contribution in [0, 0.1) is 11.3 Å². The van der Waals surface area contributed by atoms with Crippen LogP contribution in [0.1, 0.15) is 54.7 Å². The molecule has 3 rings (SSSR count). The van der Waals surface area contributed by atoms with Gasteiger partial charge < -0.3 is 5.32 Å². The molecule has 3 nitrogen and oxygen atoms in total. The van der Waals surface area contributed by atoms with Gasteiger partial charge in [0.1, 0.15) is 0 Å². The minimum Gasteiger partial charge on any atom is -0.353 e. The van der Waals surface area contributed by atoms with Crippen molar-refractivity contribution in [3.63, 3.8) is 0 Å². The highest BCUT2D eigenvalue weighted by Gasteiger charge is 2.23. The molecular formula is C22H24N2O. The summed E-state index contributed by atoms with van der Waals surface area (Å²) in [5, 5.41) is 12.0. The Morgan fingerprint density at radius 1 is 1.00 bits per heavy atom. The van der Waals surface area contributed by atoms with E-state index in [-0.39, 0.29) is 5.91 Å². The van der Waals surface area contributed by atoms with Crippen LogP contribution in [0.2, 0.25) is 0 Å². The molecule has 0 aliphatic heterocycles. The van der Waals surface area contributed by atoms with Crippen molar-refractivity contribution in [2.45, 2.75) is 50.5 Å². The van der Waals surface area contributed by atoms with Crippen molar-refractivity contribution < 1.29 is 4.79 Å². The van der Waals surface area contributed by atoms with Crippen LogP contribution >= 0.6 is 0 Å². The maximum absolute atomic E-state index is 12.2. The number of nitriles is 1. The highest BCUT2D eigenvalue weighted by atomic mass is 16.1. The zero-order valence-electron chi connectivity index (χ0n) is 14.4. The third-order valence-electron chi connectivity index (χ3n) is 5.09. The van der Waals surface area contributed by atoms with E-state index in [2.05, 4.69) is 41.7 Å². The molecule has 1 saturated carbocycles. The maximum Gasteiger partial charge on any atom is 0.220 e. The van der Waals surface area contributed by atoms with Crippen molar-refractivity contribution >= 4 is 5.91 Å². The Hall–Kier alpha value is -2.60. The lowest BCUT2D eigenvalue weighted by molar-refractivity contribution is -0.122. The van der Waals surface area contributed by atoms with Crippen molar-refractivity contribution in [2.75, 3.05) is 0 Å². The highest BCUT2D eigenvalue weighted by molar-refractivity contribution is 5.76. The van der Waals surface area contributed by atoms with Gasteiger partial charge >= 0.3 is 0 Å². The molecule has 128 valence electrons. The third-order valence-corrected chi connectivity index (χ3v) is 5.09. The molecule has 2 aromatic carbocycles. The van der Waals surface area contributed by atoms with E-state index >= 15 is 0 Å². The monoisotopic (exact) mass is 332 g/mol. The average Bonchev–Trinajstić information content (AvgIpc) is 2.68. The fourth-order valence-corrected chi connectivity index (χ4v) is 3.60. The lowest BCUT2D eigenvalue weighted by Crippen LogP contribution is -2.37. The van der Waals surface area contributed by atoms with E-state index in [1.54, 1.807) is 12.1 Å². The Kier molecular flexibility index (Phi) is 5.85. The number of hydrogen-bond donors (Lipinski definition) is 1. The molecule has 0 saturated heterocycles. The molecule has 1 aliphatic rings. The van der Waals surface area contributed by atoms with Crippen molar-refractivity contribution in [2.24, 2.45) is 0 Å². The van der Waals surface area contributed by atoms with E-state index < -0.39 is 0 Å². The van der Waals surface area contributed by atoms with Gasteiger partial charge in [-0.15, -0.1) is 0 Å². The van der Waals surface area contributed by atoms with E-state index in [1.807, 2.05) is 12.1 Å². The first-order chi connectivity index (χ1) is 12.2. The number of nitrogens with zero attached hydrogens (tertiary/aromatic N) is 1. The topological polar surface area (TPSA) is 52.9 Å². The van der Waals surface area contributed by atoms with Gasteiger partial charge in [0, 0.05) is 12.5 Å². The summed E-state index contributed by atoms with van der Waals surface area (Å²) in [5.74, 6) is 0.764. The van der Waals surface area contributed by atoms with Crippen molar-refractivity contribution in [1.29, 1.82) is 5.26 Å². The number of rotatable bonds is 5. The van der Waals surface area contributed by atoms with Crippen molar-refractivity contribution in [3.8, 4) is 6.07 Å². The first kappa shape index (κ1) is 17.2. The normalized spacial score (nSPS) is 19.8. The quantitative estimate of drug-likeness (QED) is 0.886. The van der Waals surface area contributed by atoms with Gasteiger partial charge in [0.25, 0.3) is 0 Å². The smallest absolute Gasteiger partial charge is 0.220 e. The standard InChI is InChI=1S/C22H24N2O/c23-16-18-8-6-17(7-9-18)10-15-22(25)24-21-13-11-20(12-14-21)19-4-2-1-3-5-19/h1-9,20-21H,10-15H2,(H,24,25). The Labute approximate surface area is 149 Å². The molecular weight excluding hydrogens is 308 g/mol. The Morgan fingerprint density at radius 3 is 2.32 bits per heavy atom. The summed E-state index contributed by atoms with van der Waals surface area (Å²) >= 11 is 0. The molecule has 0 bridgehead atoms. The van der Waals surface area contributed by atoms with Gasteiger partial charge in [-0.2, -0.15) is 5.26 Å². The second kappa shape index (κ2) is 8.48. The Bertz CT molecular complexity index is 723. The first-order valence-electron chi connectivity index (χ1n) is 9.08. The number of nitrogens with one attached hydrogen (secondary N) is 1. The van der Waals surface area contributed by atoms with Crippen LogP contribution in [0.15, 0.2) is 54.6 Å². The minimum atomic E-state index is 0.132. The van der Waals surface area contributed by atoms with Crippen LogP contribution in [0.3, 0.4) is 0 Å². The summed E-state index contributed by atoms with van der Waals surface area (Å²) in [6.45, 7) is 0. The molecule has 1 N–H and O–H groups in total. The van der Waals surface area contributed by atoms with Gasteiger partial charge in [0.15, 0.2) is 0 Å². The van der Waals surface area contributed by atoms with E-state index in [1.165, 1.54) is 5.56 Å². The highest BCUT2D eigenvalue weighted by Crippen LogP contribution is 2.32. The summed E-state index contributed by atoms with van der Waals surface area (Å²) in [6.07, 6.45) is 5.63. The third kappa shape index (κ3) is 4.93. The lowest BCUT2D eigenvalue weighted by atomic mass is 9.82. The number of benzene rings is 2. The van der Waals surface area contributed by atoms with Gasteiger partial charge in [-0.3, -0.25) is 4.79 Å². The van der Waals surface area contributed by atoms with E-state index in [0.717, 1.165) is 37.7 Å². The molecule has 0 spiro atoms. The fraction of sp³-hybridized carbons (Fsp3) is 0.364. The summed E-state index contributed by atoms with van der Waals surface area (Å²) < 4.78 is 0. The molecule has 25 heavy (non-hydrogen) atoms. The molecule has 0 aromatic heterocycles. The second-order valence-corrected chi connectivity index (χ2v) is 6.84. The molecule has 1 amide bonds. The lowest BCUT2D eigenvalue weighted by Gasteiger charge is -2.29. The van der Waals surface area contributed by atoms with Gasteiger partial charge in [-0.1, -0.05) is 42.5 Å². The van der Waals surface area contributed by atoms with Gasteiger partial charge in [0.2, 0.25) is 5.91 Å². The van der Waals surface area contributed by atoms with E-state index in [9.17, 15) is 4.79 Å². The zero-order valence-corrected chi connectivity index (χ0v) is 14.4. The number of amides is 1. The molecule has 0 atom stereocenters. The van der Waals surface area contributed by atoms with Gasteiger partial charge in [0.05, 0.1) is 11.6 Å². The number of carbonyl (C=O) groups excluding carboxylic acids is 1. The summed E-state index contributed by atoms with van der Waals surface area (Å²) in [5.41, 5.74) is 3.18. The molecule has 1 fully saturated rings. The minimum absolute atomic E-state index is 0.132. The Morgan fingerprint density at radius 2 is 1.68 bits per heavy atom. The van der Waals surface area contributed by atoms with E-state index in [4.69, 9.17) is 5.26 Å². The van der Waals surface area contributed by atoms with E-state index in [0.29, 0.717) is 23.9 Å². The number of carbonyl (C=O) groups is 1. The molecule has 0 radical (unpaired) electrons. The van der Waals surface area contributed by atoms with Crippen molar-refractivity contribution in [1.82, 2.24) is 5.32 Å². The molecule has 0 heterocycles. The molecule has 0 unspecified atom stereocenters. The molecule has 2 aromatic rings. The average molecular weight is 332 g/mol. The van der Waals surface area contributed by atoms with Crippen LogP contribution in [0.5, 0.6) is 0 Å². The SMILES string of the molecule is N#Cc1ccc(CCC(=O)NC2CCC(c3ccccc3)CC2)cc1. The summed E-state index contributed by atoms with van der Waals surface area (Å²) in [4.78, 5) is 12.2. The number of aryl methyl sites for hydroxylation is 1. The molecule has 3 heteroatoms. The Balaban J connectivity index is 1.41. The van der Waals surface area contributed by atoms with Crippen LogP contribution in [-0.4, -0.2) is 11.9 Å². The van der Waals surface area contributed by atoms with Crippen LogP contribution in [0.4, 0.5) is 0 Å². The van der Waals surface area contributed by atoms with Crippen LogP contribution < -0.4 is 5.32 Å². The predicted molar refractivity (Wildman–Crippen MR) is 99.1 cm³/mol. The van der Waals surface area contributed by atoms with Gasteiger partial charge in [-0.25, -0.2) is 0 Å². The van der Waals surface area contributed by atoms with Crippen LogP contribution in [0.25, 0.3) is 0 Å². The summed E-state index contributed by atoms with van der Waals surface area (Å²) in [7, 11) is 0.